The van der Waals surface area contributed by atoms with Crippen LogP contribution in [0.1, 0.15) is 12.8 Å². The number of nitrogens with one attached hydrogen (secondary N) is 1. The van der Waals surface area contributed by atoms with E-state index in [1.807, 2.05) is 0 Å². The zero-order valence-corrected chi connectivity index (χ0v) is 10.5. The molecule has 2 rings (SSSR count). The highest BCUT2D eigenvalue weighted by molar-refractivity contribution is 5.48. The summed E-state index contributed by atoms with van der Waals surface area (Å²) >= 11 is 0. The zero-order valence-electron chi connectivity index (χ0n) is 10.5. The van der Waals surface area contributed by atoms with E-state index in [0.29, 0.717) is 12.5 Å². The Morgan fingerprint density at radius 1 is 1.44 bits per heavy atom. The van der Waals surface area contributed by atoms with E-state index in [9.17, 15) is 13.9 Å². The molecule has 0 saturated heterocycles. The van der Waals surface area contributed by atoms with Crippen LogP contribution >= 0.6 is 0 Å². The largest absolute Gasteiger partial charge is 0.393 e. The van der Waals surface area contributed by atoms with E-state index < -0.39 is 11.6 Å². The number of aliphatic hydroxyl groups is 1. The highest BCUT2D eigenvalue weighted by Gasteiger charge is 2.29. The Bertz CT molecular complexity index is 436. The fraction of sp³-hybridized carbons (Fsp3) is 0.583. The molecule has 1 heterocycles. The van der Waals surface area contributed by atoms with Gasteiger partial charge in [-0.2, -0.15) is 0 Å². The fourth-order valence-electron chi connectivity index (χ4n) is 2.22. The number of halogens is 2. The van der Waals surface area contributed by atoms with Gasteiger partial charge in [0.2, 0.25) is 0 Å². The number of rotatable bonds is 4. The third-order valence-corrected chi connectivity index (χ3v) is 3.25. The second-order valence-electron chi connectivity index (χ2n) is 4.75. The van der Waals surface area contributed by atoms with Gasteiger partial charge in [0.1, 0.15) is 0 Å². The maximum absolute atomic E-state index is 13.6. The second kappa shape index (κ2) is 5.06. The van der Waals surface area contributed by atoms with E-state index in [0.717, 1.165) is 18.9 Å². The first-order chi connectivity index (χ1) is 8.51. The summed E-state index contributed by atoms with van der Waals surface area (Å²) < 4.78 is 26.9. The van der Waals surface area contributed by atoms with E-state index in [4.69, 9.17) is 0 Å². The lowest BCUT2D eigenvalue weighted by Gasteiger charge is -2.34. The van der Waals surface area contributed by atoms with Crippen LogP contribution in [0.3, 0.4) is 0 Å². The number of aromatic nitrogens is 1. The van der Waals surface area contributed by atoms with Gasteiger partial charge in [-0.15, -0.1) is 0 Å². The van der Waals surface area contributed by atoms with Crippen molar-refractivity contribution in [3.63, 3.8) is 0 Å². The minimum atomic E-state index is -0.703. The number of aliphatic hydroxyl groups excluding tert-OH is 1. The molecule has 0 bridgehead atoms. The van der Waals surface area contributed by atoms with Crippen molar-refractivity contribution in [2.75, 3.05) is 30.9 Å². The van der Waals surface area contributed by atoms with Crippen molar-refractivity contribution < 1.29 is 13.9 Å². The molecule has 1 aromatic heterocycles. The van der Waals surface area contributed by atoms with Gasteiger partial charge in [0, 0.05) is 26.7 Å². The van der Waals surface area contributed by atoms with E-state index in [2.05, 4.69) is 10.3 Å². The van der Waals surface area contributed by atoms with Crippen LogP contribution in [0.5, 0.6) is 0 Å². The van der Waals surface area contributed by atoms with Crippen molar-refractivity contribution in [3.8, 4) is 0 Å². The first-order valence-electron chi connectivity index (χ1n) is 5.94. The Labute approximate surface area is 105 Å². The Kier molecular flexibility index (Phi) is 3.65. The molecule has 1 saturated carbocycles. The first-order valence-corrected chi connectivity index (χ1v) is 5.94. The lowest BCUT2D eigenvalue weighted by Crippen LogP contribution is -2.37. The number of anilines is 2. The molecule has 1 aliphatic carbocycles. The number of hydrogen-bond donors (Lipinski definition) is 2. The molecule has 18 heavy (non-hydrogen) atoms. The molecule has 0 amide bonds. The molecule has 0 atom stereocenters. The van der Waals surface area contributed by atoms with E-state index >= 15 is 0 Å². The Balaban J connectivity index is 2.11. The molecule has 0 aromatic carbocycles. The van der Waals surface area contributed by atoms with Gasteiger partial charge in [0.25, 0.3) is 0 Å². The predicted molar refractivity (Wildman–Crippen MR) is 65.7 cm³/mol. The van der Waals surface area contributed by atoms with Crippen molar-refractivity contribution in [2.45, 2.75) is 18.9 Å². The summed E-state index contributed by atoms with van der Waals surface area (Å²) in [6.07, 6.45) is 1.22. The maximum Gasteiger partial charge on any atom is 0.168 e. The van der Waals surface area contributed by atoms with Crippen LogP contribution in [0.2, 0.25) is 0 Å². The van der Waals surface area contributed by atoms with Crippen LogP contribution in [0.15, 0.2) is 6.07 Å². The standard InChI is InChI=1S/C12H17F2N3O/c1-15-11-9(13)5-10(14)12(16-11)17(2)6-7-3-8(18)4-7/h5,7-8,18H,3-4,6H2,1-2H3,(H,15,16). The maximum atomic E-state index is 13.6. The highest BCUT2D eigenvalue weighted by Crippen LogP contribution is 2.30. The summed E-state index contributed by atoms with van der Waals surface area (Å²) in [5, 5.41) is 11.8. The van der Waals surface area contributed by atoms with Crippen molar-refractivity contribution in [1.29, 1.82) is 0 Å². The number of hydrogen-bond acceptors (Lipinski definition) is 4. The normalized spacial score (nSPS) is 22.5. The minimum Gasteiger partial charge on any atom is -0.393 e. The third-order valence-electron chi connectivity index (χ3n) is 3.25. The molecule has 100 valence electrons. The SMILES string of the molecule is CNc1nc(N(C)CC2CC(O)C2)c(F)cc1F. The smallest absolute Gasteiger partial charge is 0.168 e. The quantitative estimate of drug-likeness (QED) is 0.860. The van der Waals surface area contributed by atoms with Crippen LogP contribution in [-0.2, 0) is 0 Å². The molecular weight excluding hydrogens is 240 g/mol. The van der Waals surface area contributed by atoms with Crippen LogP contribution in [0.4, 0.5) is 20.4 Å². The molecule has 4 nitrogen and oxygen atoms in total. The first kappa shape index (κ1) is 13.0. The van der Waals surface area contributed by atoms with Crippen molar-refractivity contribution >= 4 is 11.6 Å². The summed E-state index contributed by atoms with van der Waals surface area (Å²) in [5.74, 6) is -0.872. The molecule has 0 aliphatic heterocycles. The average Bonchev–Trinajstić information content (AvgIpc) is 2.27. The third kappa shape index (κ3) is 2.53. The van der Waals surface area contributed by atoms with Crippen LogP contribution in [0.25, 0.3) is 0 Å². The summed E-state index contributed by atoms with van der Waals surface area (Å²) in [6, 6.07) is 0.834. The Morgan fingerprint density at radius 2 is 2.11 bits per heavy atom. The minimum absolute atomic E-state index is 0.0342. The predicted octanol–water partition coefficient (Wildman–Crippen LogP) is 1.61. The Morgan fingerprint density at radius 3 is 2.67 bits per heavy atom. The summed E-state index contributed by atoms with van der Waals surface area (Å²) in [4.78, 5) is 5.58. The van der Waals surface area contributed by atoms with Crippen molar-refractivity contribution in [1.82, 2.24) is 4.98 Å². The fourth-order valence-corrected chi connectivity index (χ4v) is 2.22. The van der Waals surface area contributed by atoms with Gasteiger partial charge in [0.15, 0.2) is 23.3 Å². The number of pyridine rings is 1. The van der Waals surface area contributed by atoms with Gasteiger partial charge in [-0.05, 0) is 18.8 Å². The van der Waals surface area contributed by atoms with Gasteiger partial charge in [0.05, 0.1) is 6.10 Å². The van der Waals surface area contributed by atoms with Gasteiger partial charge in [-0.3, -0.25) is 0 Å². The summed E-state index contributed by atoms with van der Waals surface area (Å²) in [7, 11) is 3.25. The lowest BCUT2D eigenvalue weighted by molar-refractivity contribution is 0.0464. The second-order valence-corrected chi connectivity index (χ2v) is 4.75. The molecule has 0 spiro atoms. The van der Waals surface area contributed by atoms with Crippen LogP contribution in [-0.4, -0.2) is 36.8 Å². The monoisotopic (exact) mass is 257 g/mol. The molecule has 2 N–H and O–H groups in total. The topological polar surface area (TPSA) is 48.4 Å². The van der Waals surface area contributed by atoms with Gasteiger partial charge < -0.3 is 15.3 Å². The Hall–Kier alpha value is -1.43. The highest BCUT2D eigenvalue weighted by atomic mass is 19.1. The molecule has 1 fully saturated rings. The van der Waals surface area contributed by atoms with Gasteiger partial charge >= 0.3 is 0 Å². The van der Waals surface area contributed by atoms with Crippen LogP contribution in [0, 0.1) is 17.6 Å². The zero-order chi connectivity index (χ0) is 13.3. The molecule has 1 aliphatic rings. The molecule has 1 aromatic rings. The molecular formula is C12H17F2N3O. The van der Waals surface area contributed by atoms with E-state index in [-0.39, 0.29) is 17.7 Å². The number of nitrogens with zero attached hydrogens (tertiary/aromatic N) is 2. The van der Waals surface area contributed by atoms with Crippen molar-refractivity contribution in [2.24, 2.45) is 5.92 Å². The molecule has 0 radical (unpaired) electrons. The van der Waals surface area contributed by atoms with Gasteiger partial charge in [-0.1, -0.05) is 0 Å². The lowest BCUT2D eigenvalue weighted by atomic mass is 9.82. The average molecular weight is 257 g/mol. The van der Waals surface area contributed by atoms with Gasteiger partial charge in [-0.25, -0.2) is 13.8 Å². The van der Waals surface area contributed by atoms with Crippen molar-refractivity contribution in [3.05, 3.63) is 17.7 Å². The molecule has 6 heteroatoms. The van der Waals surface area contributed by atoms with E-state index in [1.54, 1.807) is 11.9 Å². The van der Waals surface area contributed by atoms with E-state index in [1.165, 1.54) is 7.05 Å². The summed E-state index contributed by atoms with van der Waals surface area (Å²) in [6.45, 7) is 0.607. The molecule has 0 unspecified atom stereocenters. The summed E-state index contributed by atoms with van der Waals surface area (Å²) in [5.41, 5.74) is 0. The van der Waals surface area contributed by atoms with Crippen LogP contribution < -0.4 is 10.2 Å².